The number of nitrogens with one attached hydrogen (secondary N) is 2. The fraction of sp³-hybridized carbons (Fsp3) is 0.280. The molecule has 4 aromatic rings. The van der Waals surface area contributed by atoms with Gasteiger partial charge in [0.25, 0.3) is 5.91 Å². The predicted octanol–water partition coefficient (Wildman–Crippen LogP) is 5.42. The quantitative estimate of drug-likeness (QED) is 0.370. The van der Waals surface area contributed by atoms with Gasteiger partial charge >= 0.3 is 0 Å². The summed E-state index contributed by atoms with van der Waals surface area (Å²) in [6.07, 6.45) is 3.69. The molecule has 0 atom stereocenters. The number of benzene rings is 2. The molecule has 2 aromatic heterocycles. The molecule has 2 N–H and O–H groups in total. The van der Waals surface area contributed by atoms with Crippen molar-refractivity contribution in [2.24, 2.45) is 0 Å². The number of halogens is 2. The van der Waals surface area contributed by atoms with Gasteiger partial charge in [-0.1, -0.05) is 29.3 Å². The van der Waals surface area contributed by atoms with Crippen LogP contribution in [-0.2, 0) is 6.54 Å². The van der Waals surface area contributed by atoms with Crippen molar-refractivity contribution in [1.29, 1.82) is 0 Å². The first-order valence-corrected chi connectivity index (χ1v) is 12.0. The van der Waals surface area contributed by atoms with E-state index in [4.69, 9.17) is 27.6 Å². The summed E-state index contributed by atoms with van der Waals surface area (Å²) < 4.78 is 5.76. The van der Waals surface area contributed by atoms with Gasteiger partial charge in [-0.3, -0.25) is 4.79 Å². The Labute approximate surface area is 206 Å². The van der Waals surface area contributed by atoms with Crippen LogP contribution >= 0.6 is 23.2 Å². The van der Waals surface area contributed by atoms with E-state index >= 15 is 0 Å². The van der Waals surface area contributed by atoms with Crippen LogP contribution < -0.4 is 10.6 Å². The van der Waals surface area contributed by atoms with Crippen LogP contribution in [0.1, 0.15) is 42.1 Å². The van der Waals surface area contributed by atoms with E-state index in [2.05, 4.69) is 25.8 Å². The van der Waals surface area contributed by atoms with E-state index < -0.39 is 0 Å². The number of aromatic nitrogens is 3. The van der Waals surface area contributed by atoms with Crippen molar-refractivity contribution >= 4 is 40.0 Å². The zero-order valence-electron chi connectivity index (χ0n) is 18.3. The summed E-state index contributed by atoms with van der Waals surface area (Å²) >= 11 is 12.0. The maximum Gasteiger partial charge on any atom is 0.270 e. The molecule has 2 heterocycles. The van der Waals surface area contributed by atoms with Gasteiger partial charge in [0.05, 0.1) is 12.1 Å². The Morgan fingerprint density at radius 3 is 2.44 bits per heavy atom. The van der Waals surface area contributed by atoms with E-state index in [9.17, 15) is 4.79 Å². The van der Waals surface area contributed by atoms with E-state index in [1.807, 2.05) is 30.3 Å². The molecule has 7 nitrogen and oxygen atoms in total. The average Bonchev–Trinajstić information content (AvgIpc) is 3.33. The van der Waals surface area contributed by atoms with Gasteiger partial charge in [0.1, 0.15) is 5.69 Å². The second kappa shape index (κ2) is 10.1. The van der Waals surface area contributed by atoms with Gasteiger partial charge in [0.2, 0.25) is 11.8 Å². The number of hydrogen-bond acceptors (Lipinski definition) is 6. The maximum atomic E-state index is 12.7. The van der Waals surface area contributed by atoms with Gasteiger partial charge < -0.3 is 15.1 Å². The molecule has 1 saturated carbocycles. The minimum atomic E-state index is -0.145. The summed E-state index contributed by atoms with van der Waals surface area (Å²) in [7, 11) is 0. The minimum absolute atomic E-state index is 0.133. The number of fused-ring (bicyclic) bond motifs is 1. The largest absolute Gasteiger partial charge is 0.419 e. The number of nitrogens with zero attached hydrogens (tertiary/aromatic N) is 3. The number of amides is 1. The molecule has 0 spiro atoms. The lowest BCUT2D eigenvalue weighted by atomic mass is 9.91. The minimum Gasteiger partial charge on any atom is -0.419 e. The number of rotatable bonds is 6. The summed E-state index contributed by atoms with van der Waals surface area (Å²) in [5.74, 6) is 0.878. The summed E-state index contributed by atoms with van der Waals surface area (Å²) in [4.78, 5) is 17.2. The Kier molecular flexibility index (Phi) is 6.76. The predicted molar refractivity (Wildman–Crippen MR) is 132 cm³/mol. The van der Waals surface area contributed by atoms with Crippen molar-refractivity contribution in [2.75, 3.05) is 0 Å². The van der Waals surface area contributed by atoms with Crippen molar-refractivity contribution in [3.8, 4) is 11.5 Å². The Balaban J connectivity index is 1.10. The summed E-state index contributed by atoms with van der Waals surface area (Å²) in [5.41, 5.74) is 2.01. The summed E-state index contributed by atoms with van der Waals surface area (Å²) in [6, 6.07) is 16.8. The van der Waals surface area contributed by atoms with E-state index in [0.717, 1.165) is 42.1 Å². The molecule has 174 valence electrons. The number of pyridine rings is 1. The highest BCUT2D eigenvalue weighted by Crippen LogP contribution is 2.22. The van der Waals surface area contributed by atoms with E-state index in [0.29, 0.717) is 40.1 Å². The van der Waals surface area contributed by atoms with Crippen LogP contribution in [0.2, 0.25) is 10.0 Å². The monoisotopic (exact) mass is 495 g/mol. The summed E-state index contributed by atoms with van der Waals surface area (Å²) in [6.45, 7) is 0.507. The van der Waals surface area contributed by atoms with Crippen molar-refractivity contribution in [1.82, 2.24) is 25.8 Å². The van der Waals surface area contributed by atoms with Gasteiger partial charge in [-0.25, -0.2) is 4.98 Å². The van der Waals surface area contributed by atoms with Crippen LogP contribution in [-0.4, -0.2) is 33.2 Å². The van der Waals surface area contributed by atoms with Crippen molar-refractivity contribution in [3.63, 3.8) is 0 Å². The third-order valence-electron chi connectivity index (χ3n) is 6.05. The highest BCUT2D eigenvalue weighted by atomic mass is 35.5. The molecule has 34 heavy (non-hydrogen) atoms. The van der Waals surface area contributed by atoms with Crippen molar-refractivity contribution in [3.05, 3.63) is 76.2 Å². The van der Waals surface area contributed by atoms with Gasteiger partial charge in [-0.2, -0.15) is 0 Å². The molecular formula is C25H23Cl2N5O2. The molecule has 0 saturated heterocycles. The van der Waals surface area contributed by atoms with E-state index in [1.54, 1.807) is 24.3 Å². The SMILES string of the molecule is O=C(N[C@H]1CC[C@H](NCc2nnc(-c3ccc(Cl)cc3)o2)CC1)c1ccc2cc(Cl)ccc2n1. The van der Waals surface area contributed by atoms with Gasteiger partial charge in [-0.15, -0.1) is 10.2 Å². The van der Waals surface area contributed by atoms with Crippen LogP contribution in [0.5, 0.6) is 0 Å². The lowest BCUT2D eigenvalue weighted by Gasteiger charge is -2.29. The van der Waals surface area contributed by atoms with Crippen LogP contribution in [0.25, 0.3) is 22.4 Å². The van der Waals surface area contributed by atoms with Gasteiger partial charge in [-0.05, 0) is 74.2 Å². The fourth-order valence-electron chi connectivity index (χ4n) is 4.19. The van der Waals surface area contributed by atoms with Crippen molar-refractivity contribution in [2.45, 2.75) is 44.3 Å². The Bertz CT molecular complexity index is 1300. The number of carbonyl (C=O) groups excluding carboxylic acids is 1. The second-order valence-electron chi connectivity index (χ2n) is 8.44. The lowest BCUT2D eigenvalue weighted by molar-refractivity contribution is 0.0919. The molecule has 0 radical (unpaired) electrons. The highest BCUT2D eigenvalue weighted by Gasteiger charge is 2.23. The Hall–Kier alpha value is -3.00. The highest BCUT2D eigenvalue weighted by molar-refractivity contribution is 6.31. The van der Waals surface area contributed by atoms with Gasteiger partial charge in [0, 0.05) is 33.1 Å². The zero-order chi connectivity index (χ0) is 23.5. The molecule has 1 fully saturated rings. The standard InChI is InChI=1S/C25H23Cl2N5O2/c26-17-4-1-15(2-5-17)25-32-31-23(34-25)14-28-19-7-9-20(10-8-19)29-24(33)22-11-3-16-13-18(27)6-12-21(16)30-22/h1-6,11-13,19-20,28H,7-10,14H2,(H,29,33)/t19-,20-. The van der Waals surface area contributed by atoms with Crippen molar-refractivity contribution < 1.29 is 9.21 Å². The third-order valence-corrected chi connectivity index (χ3v) is 6.53. The van der Waals surface area contributed by atoms with E-state index in [-0.39, 0.29) is 11.9 Å². The Morgan fingerprint density at radius 1 is 0.912 bits per heavy atom. The van der Waals surface area contributed by atoms with Crippen LogP contribution in [0.4, 0.5) is 0 Å². The topological polar surface area (TPSA) is 92.9 Å². The fourth-order valence-corrected chi connectivity index (χ4v) is 4.50. The molecule has 5 rings (SSSR count). The number of carbonyl (C=O) groups is 1. The average molecular weight is 496 g/mol. The molecular weight excluding hydrogens is 473 g/mol. The molecule has 0 unspecified atom stereocenters. The molecule has 1 aliphatic carbocycles. The van der Waals surface area contributed by atoms with Crippen LogP contribution in [0.3, 0.4) is 0 Å². The first-order valence-electron chi connectivity index (χ1n) is 11.2. The maximum absolute atomic E-state index is 12.7. The molecule has 2 aromatic carbocycles. The second-order valence-corrected chi connectivity index (χ2v) is 9.32. The third kappa shape index (κ3) is 5.38. The normalized spacial score (nSPS) is 18.2. The first-order chi connectivity index (χ1) is 16.5. The Morgan fingerprint density at radius 2 is 1.65 bits per heavy atom. The molecule has 1 amide bonds. The molecule has 9 heteroatoms. The molecule has 1 aliphatic rings. The number of hydrogen-bond donors (Lipinski definition) is 2. The van der Waals surface area contributed by atoms with Gasteiger partial charge in [0.15, 0.2) is 0 Å². The summed E-state index contributed by atoms with van der Waals surface area (Å²) in [5, 5.41) is 17.1. The lowest BCUT2D eigenvalue weighted by Crippen LogP contribution is -2.42. The smallest absolute Gasteiger partial charge is 0.270 e. The van der Waals surface area contributed by atoms with Crippen LogP contribution in [0, 0.1) is 0 Å². The zero-order valence-corrected chi connectivity index (χ0v) is 19.8. The van der Waals surface area contributed by atoms with Crippen LogP contribution in [0.15, 0.2) is 59.0 Å². The first kappa shape index (κ1) is 22.8. The molecule has 0 aliphatic heterocycles. The molecule has 0 bridgehead atoms. The van der Waals surface area contributed by atoms with E-state index in [1.165, 1.54) is 0 Å².